The van der Waals surface area contributed by atoms with Gasteiger partial charge >= 0.3 is 0 Å². The molecule has 0 aliphatic carbocycles. The molecular formula is C12H10BrN3O4S. The van der Waals surface area contributed by atoms with Crippen LogP contribution in [0.5, 0.6) is 0 Å². The molecule has 9 heteroatoms. The SMILES string of the molecule is Nc1ccc(S(=O)(=O)Nc2cc([N+](=O)[O-])ccc2Br)cc1. The summed E-state index contributed by atoms with van der Waals surface area (Å²) >= 11 is 3.15. The van der Waals surface area contributed by atoms with Crippen molar-refractivity contribution in [2.75, 3.05) is 10.5 Å². The lowest BCUT2D eigenvalue weighted by atomic mass is 10.3. The zero-order valence-corrected chi connectivity index (χ0v) is 12.9. The molecule has 0 bridgehead atoms. The second-order valence-electron chi connectivity index (χ2n) is 4.10. The van der Waals surface area contributed by atoms with E-state index in [1.165, 1.54) is 36.4 Å². The molecule has 0 aliphatic rings. The highest BCUT2D eigenvalue weighted by molar-refractivity contribution is 9.10. The highest BCUT2D eigenvalue weighted by Gasteiger charge is 2.17. The van der Waals surface area contributed by atoms with Crippen LogP contribution in [0.15, 0.2) is 51.8 Å². The number of sulfonamides is 1. The highest BCUT2D eigenvalue weighted by atomic mass is 79.9. The summed E-state index contributed by atoms with van der Waals surface area (Å²) in [5.41, 5.74) is 5.81. The molecule has 7 nitrogen and oxygen atoms in total. The number of nitrogens with zero attached hydrogens (tertiary/aromatic N) is 1. The Morgan fingerprint density at radius 1 is 1.14 bits per heavy atom. The molecule has 0 saturated carbocycles. The van der Waals surface area contributed by atoms with Crippen molar-refractivity contribution in [1.82, 2.24) is 0 Å². The van der Waals surface area contributed by atoms with Crippen LogP contribution in [0.2, 0.25) is 0 Å². The molecule has 110 valence electrons. The summed E-state index contributed by atoms with van der Waals surface area (Å²) in [6, 6.07) is 9.42. The molecule has 0 unspecified atom stereocenters. The van der Waals surface area contributed by atoms with E-state index in [9.17, 15) is 18.5 Å². The van der Waals surface area contributed by atoms with Crippen LogP contribution in [0.3, 0.4) is 0 Å². The first-order valence-corrected chi connectivity index (χ1v) is 7.89. The van der Waals surface area contributed by atoms with E-state index in [1.807, 2.05) is 0 Å². The number of nitro benzene ring substituents is 1. The minimum absolute atomic E-state index is 0.00936. The normalized spacial score (nSPS) is 11.1. The van der Waals surface area contributed by atoms with E-state index in [2.05, 4.69) is 20.7 Å². The van der Waals surface area contributed by atoms with Gasteiger partial charge in [0, 0.05) is 22.3 Å². The minimum atomic E-state index is -3.85. The van der Waals surface area contributed by atoms with Crippen LogP contribution >= 0.6 is 15.9 Å². The molecule has 0 heterocycles. The molecule has 2 rings (SSSR count). The van der Waals surface area contributed by atoms with E-state index in [0.717, 1.165) is 6.07 Å². The quantitative estimate of drug-likeness (QED) is 0.486. The first-order chi connectivity index (χ1) is 9.79. The van der Waals surface area contributed by atoms with Crippen molar-refractivity contribution in [3.05, 3.63) is 57.1 Å². The molecule has 2 aromatic rings. The number of hydrogen-bond acceptors (Lipinski definition) is 5. The van der Waals surface area contributed by atoms with E-state index >= 15 is 0 Å². The van der Waals surface area contributed by atoms with Crippen LogP contribution in [0, 0.1) is 10.1 Å². The van der Waals surface area contributed by atoms with Crippen LogP contribution in [-0.4, -0.2) is 13.3 Å². The molecule has 0 atom stereocenters. The van der Waals surface area contributed by atoms with Crippen molar-refractivity contribution < 1.29 is 13.3 Å². The third-order valence-electron chi connectivity index (χ3n) is 2.60. The van der Waals surface area contributed by atoms with Gasteiger partial charge in [-0.15, -0.1) is 0 Å². The Labute approximate surface area is 129 Å². The molecular weight excluding hydrogens is 362 g/mol. The van der Waals surface area contributed by atoms with E-state index in [1.54, 1.807) is 0 Å². The molecule has 0 aliphatic heterocycles. The van der Waals surface area contributed by atoms with Crippen molar-refractivity contribution >= 4 is 43.0 Å². The van der Waals surface area contributed by atoms with Gasteiger partial charge in [-0.05, 0) is 46.3 Å². The van der Waals surface area contributed by atoms with Crippen molar-refractivity contribution in [3.8, 4) is 0 Å². The van der Waals surface area contributed by atoms with Gasteiger partial charge in [0.25, 0.3) is 15.7 Å². The Morgan fingerprint density at radius 3 is 2.33 bits per heavy atom. The van der Waals surface area contributed by atoms with Crippen LogP contribution in [0.25, 0.3) is 0 Å². The van der Waals surface area contributed by atoms with Crippen LogP contribution in [-0.2, 0) is 10.0 Å². The number of nitrogens with one attached hydrogen (secondary N) is 1. The zero-order valence-electron chi connectivity index (χ0n) is 10.5. The van der Waals surface area contributed by atoms with E-state index < -0.39 is 14.9 Å². The molecule has 2 aromatic carbocycles. The third kappa shape index (κ3) is 3.50. The average molecular weight is 372 g/mol. The van der Waals surface area contributed by atoms with Gasteiger partial charge in [-0.1, -0.05) is 0 Å². The maximum absolute atomic E-state index is 12.2. The number of anilines is 2. The summed E-state index contributed by atoms with van der Waals surface area (Å²) in [5, 5.41) is 10.7. The van der Waals surface area contributed by atoms with Crippen molar-refractivity contribution in [2.24, 2.45) is 0 Å². The molecule has 21 heavy (non-hydrogen) atoms. The van der Waals surface area contributed by atoms with Crippen LogP contribution in [0.1, 0.15) is 0 Å². The summed E-state index contributed by atoms with van der Waals surface area (Å²) in [5.74, 6) is 0. The standard InChI is InChI=1S/C12H10BrN3O4S/c13-11-6-3-9(16(17)18)7-12(11)15-21(19,20)10-4-1-8(14)2-5-10/h1-7,15H,14H2. The van der Waals surface area contributed by atoms with Gasteiger partial charge in [0.05, 0.1) is 15.5 Å². The number of non-ortho nitro benzene ring substituents is 1. The van der Waals surface area contributed by atoms with Crippen LogP contribution < -0.4 is 10.5 Å². The number of rotatable bonds is 4. The van der Waals surface area contributed by atoms with Gasteiger partial charge in [0.15, 0.2) is 0 Å². The molecule has 0 amide bonds. The fourth-order valence-electron chi connectivity index (χ4n) is 1.56. The highest BCUT2D eigenvalue weighted by Crippen LogP contribution is 2.29. The second-order valence-corrected chi connectivity index (χ2v) is 6.63. The van der Waals surface area contributed by atoms with Gasteiger partial charge in [-0.2, -0.15) is 0 Å². The molecule has 3 N–H and O–H groups in total. The largest absolute Gasteiger partial charge is 0.399 e. The number of nitrogen functional groups attached to an aromatic ring is 1. The van der Waals surface area contributed by atoms with Gasteiger partial charge in [-0.25, -0.2) is 8.42 Å². The Bertz CT molecular complexity index is 791. The van der Waals surface area contributed by atoms with Crippen molar-refractivity contribution in [1.29, 1.82) is 0 Å². The molecule has 0 saturated heterocycles. The van der Waals surface area contributed by atoms with Gasteiger partial charge in [0.1, 0.15) is 0 Å². The molecule has 0 spiro atoms. The Kier molecular flexibility index (Phi) is 4.14. The smallest absolute Gasteiger partial charge is 0.271 e. The fourth-order valence-corrected chi connectivity index (χ4v) is 3.10. The van der Waals surface area contributed by atoms with Crippen molar-refractivity contribution in [3.63, 3.8) is 0 Å². The third-order valence-corrected chi connectivity index (χ3v) is 4.67. The second kappa shape index (κ2) is 5.70. The van der Waals surface area contributed by atoms with E-state index in [4.69, 9.17) is 5.73 Å². The summed E-state index contributed by atoms with van der Waals surface area (Å²) in [6.07, 6.45) is 0. The fraction of sp³-hybridized carbons (Fsp3) is 0. The Hall–Kier alpha value is -2.13. The molecule has 0 aromatic heterocycles. The monoisotopic (exact) mass is 371 g/mol. The first-order valence-electron chi connectivity index (χ1n) is 5.62. The van der Waals surface area contributed by atoms with E-state index in [0.29, 0.717) is 10.2 Å². The number of halogens is 1. The minimum Gasteiger partial charge on any atom is -0.399 e. The van der Waals surface area contributed by atoms with Crippen LogP contribution in [0.4, 0.5) is 17.1 Å². The summed E-state index contributed by atoms with van der Waals surface area (Å²) < 4.78 is 27.1. The maximum atomic E-state index is 12.2. The van der Waals surface area contributed by atoms with Gasteiger partial charge < -0.3 is 5.73 Å². The summed E-state index contributed by atoms with van der Waals surface area (Å²) in [7, 11) is -3.85. The van der Waals surface area contributed by atoms with Gasteiger partial charge in [-0.3, -0.25) is 14.8 Å². The number of nitro groups is 1. The topological polar surface area (TPSA) is 115 Å². The molecule has 0 fully saturated rings. The summed E-state index contributed by atoms with van der Waals surface area (Å²) in [6.45, 7) is 0. The van der Waals surface area contributed by atoms with Crippen molar-refractivity contribution in [2.45, 2.75) is 4.90 Å². The lowest BCUT2D eigenvalue weighted by molar-refractivity contribution is -0.384. The van der Waals surface area contributed by atoms with E-state index in [-0.39, 0.29) is 16.3 Å². The lowest BCUT2D eigenvalue weighted by Gasteiger charge is -2.09. The predicted molar refractivity (Wildman–Crippen MR) is 82.5 cm³/mol. The number of nitrogens with two attached hydrogens (primary N) is 1. The maximum Gasteiger partial charge on any atom is 0.271 e. The number of hydrogen-bond donors (Lipinski definition) is 2. The van der Waals surface area contributed by atoms with Gasteiger partial charge in [0.2, 0.25) is 0 Å². The lowest BCUT2D eigenvalue weighted by Crippen LogP contribution is -2.13. The predicted octanol–water partition coefficient (Wildman–Crippen LogP) is 2.74. The molecule has 0 radical (unpaired) electrons. The summed E-state index contributed by atoms with van der Waals surface area (Å²) in [4.78, 5) is 10.1. The average Bonchev–Trinajstić information content (AvgIpc) is 2.41. The zero-order chi connectivity index (χ0) is 15.6. The first kappa shape index (κ1) is 15.3. The number of benzene rings is 2. The Balaban J connectivity index is 2.38. The Morgan fingerprint density at radius 2 is 1.76 bits per heavy atom.